The zero-order valence-corrected chi connectivity index (χ0v) is 18.9. The molecule has 3 heterocycles. The van der Waals surface area contributed by atoms with Gasteiger partial charge in [0.2, 0.25) is 0 Å². The summed E-state index contributed by atoms with van der Waals surface area (Å²) in [4.78, 5) is 23.2. The molecule has 1 aliphatic heterocycles. The summed E-state index contributed by atoms with van der Waals surface area (Å²) in [5.74, 6) is 1.08. The number of carbonyl (C=O) groups excluding carboxylic acids is 1. The molecule has 1 saturated heterocycles. The van der Waals surface area contributed by atoms with Crippen molar-refractivity contribution in [2.75, 3.05) is 19.7 Å². The SMILES string of the molecule is CC(C)(C)OC(=O)N1CCC(c2ncnc3cc(OCCCn4cnnc4)ccc23)CC1. The molecule has 32 heavy (non-hydrogen) atoms. The molecule has 2 aromatic heterocycles. The van der Waals surface area contributed by atoms with Gasteiger partial charge in [0.1, 0.15) is 30.3 Å². The maximum atomic E-state index is 12.3. The molecule has 0 unspecified atom stereocenters. The molecule has 0 bridgehead atoms. The van der Waals surface area contributed by atoms with E-state index >= 15 is 0 Å². The maximum Gasteiger partial charge on any atom is 0.410 e. The number of hydrogen-bond donors (Lipinski definition) is 0. The highest BCUT2D eigenvalue weighted by Crippen LogP contribution is 2.32. The molecule has 0 saturated carbocycles. The van der Waals surface area contributed by atoms with E-state index in [4.69, 9.17) is 9.47 Å². The normalized spacial score (nSPS) is 15.2. The summed E-state index contributed by atoms with van der Waals surface area (Å²) < 4.78 is 13.3. The van der Waals surface area contributed by atoms with E-state index in [9.17, 15) is 4.79 Å². The van der Waals surface area contributed by atoms with Gasteiger partial charge in [0.05, 0.1) is 17.8 Å². The van der Waals surface area contributed by atoms with Crippen LogP contribution in [0.5, 0.6) is 5.75 Å². The molecule has 1 amide bonds. The van der Waals surface area contributed by atoms with E-state index in [0.717, 1.165) is 48.2 Å². The number of nitrogens with zero attached hydrogens (tertiary/aromatic N) is 6. The summed E-state index contributed by atoms with van der Waals surface area (Å²) in [7, 11) is 0. The van der Waals surface area contributed by atoms with Crippen molar-refractivity contribution >= 4 is 17.0 Å². The Morgan fingerprint density at radius 1 is 1.12 bits per heavy atom. The Balaban J connectivity index is 1.36. The maximum absolute atomic E-state index is 12.3. The van der Waals surface area contributed by atoms with Gasteiger partial charge in [0, 0.05) is 37.0 Å². The summed E-state index contributed by atoms with van der Waals surface area (Å²) in [6.07, 6.45) is 7.35. The number of fused-ring (bicyclic) bond motifs is 1. The first-order valence-electron chi connectivity index (χ1n) is 11.1. The molecule has 0 radical (unpaired) electrons. The van der Waals surface area contributed by atoms with Crippen LogP contribution in [0.3, 0.4) is 0 Å². The summed E-state index contributed by atoms with van der Waals surface area (Å²) >= 11 is 0. The van der Waals surface area contributed by atoms with Crippen molar-refractivity contribution in [1.29, 1.82) is 0 Å². The fourth-order valence-corrected chi connectivity index (χ4v) is 3.91. The van der Waals surface area contributed by atoms with Gasteiger partial charge < -0.3 is 18.9 Å². The molecule has 1 fully saturated rings. The minimum atomic E-state index is -0.479. The van der Waals surface area contributed by atoms with E-state index in [1.807, 2.05) is 43.5 Å². The van der Waals surface area contributed by atoms with Gasteiger partial charge in [-0.15, -0.1) is 10.2 Å². The highest BCUT2D eigenvalue weighted by atomic mass is 16.6. The largest absolute Gasteiger partial charge is 0.493 e. The third-order valence-electron chi connectivity index (χ3n) is 5.47. The fraction of sp³-hybridized carbons (Fsp3) is 0.522. The van der Waals surface area contributed by atoms with Gasteiger partial charge in [0.15, 0.2) is 0 Å². The van der Waals surface area contributed by atoms with Crippen LogP contribution in [-0.4, -0.2) is 61.0 Å². The van der Waals surface area contributed by atoms with Crippen LogP contribution >= 0.6 is 0 Å². The van der Waals surface area contributed by atoms with Crippen molar-refractivity contribution in [2.45, 2.75) is 58.1 Å². The van der Waals surface area contributed by atoms with Gasteiger partial charge >= 0.3 is 6.09 Å². The van der Waals surface area contributed by atoms with Gasteiger partial charge in [-0.3, -0.25) is 0 Å². The Morgan fingerprint density at radius 2 is 1.88 bits per heavy atom. The number of amides is 1. The van der Waals surface area contributed by atoms with Crippen LogP contribution in [-0.2, 0) is 11.3 Å². The van der Waals surface area contributed by atoms with E-state index < -0.39 is 5.60 Å². The lowest BCUT2D eigenvalue weighted by molar-refractivity contribution is 0.0204. The standard InChI is InChI=1S/C23H30N6O3/c1-23(2,3)32-22(30)29-10-7-17(8-11-29)21-19-6-5-18(13-20(19)24-14-25-21)31-12-4-9-28-15-26-27-16-28/h5-6,13-17H,4,7-12H2,1-3H3. The second-order valence-electron chi connectivity index (χ2n) is 9.08. The van der Waals surface area contributed by atoms with Crippen LogP contribution in [0.4, 0.5) is 4.79 Å². The highest BCUT2D eigenvalue weighted by molar-refractivity contribution is 5.82. The number of benzene rings is 1. The number of rotatable bonds is 6. The number of piperidine rings is 1. The zero-order valence-electron chi connectivity index (χ0n) is 18.9. The molecule has 9 nitrogen and oxygen atoms in total. The van der Waals surface area contributed by atoms with Crippen molar-refractivity contribution < 1.29 is 14.3 Å². The van der Waals surface area contributed by atoms with Gasteiger partial charge in [-0.1, -0.05) is 0 Å². The number of likely N-dealkylation sites (tertiary alicyclic amines) is 1. The number of hydrogen-bond acceptors (Lipinski definition) is 7. The zero-order chi connectivity index (χ0) is 22.6. The van der Waals surface area contributed by atoms with Gasteiger partial charge in [0.25, 0.3) is 0 Å². The Bertz CT molecular complexity index is 1040. The molecule has 1 aliphatic rings. The number of ether oxygens (including phenoxy) is 2. The Labute approximate surface area is 187 Å². The molecule has 4 rings (SSSR count). The van der Waals surface area contributed by atoms with Crippen molar-refractivity contribution in [3.63, 3.8) is 0 Å². The lowest BCUT2D eigenvalue weighted by atomic mass is 9.91. The van der Waals surface area contributed by atoms with Crippen LogP contribution in [0.15, 0.2) is 37.2 Å². The molecular formula is C23H30N6O3. The first-order valence-corrected chi connectivity index (χ1v) is 11.1. The molecule has 170 valence electrons. The van der Waals surface area contributed by atoms with E-state index in [1.54, 1.807) is 23.9 Å². The smallest absolute Gasteiger partial charge is 0.410 e. The van der Waals surface area contributed by atoms with Crippen LogP contribution in [0.25, 0.3) is 10.9 Å². The average Bonchev–Trinajstić information content (AvgIpc) is 3.29. The lowest BCUT2D eigenvalue weighted by Crippen LogP contribution is -2.41. The number of carbonyl (C=O) groups is 1. The van der Waals surface area contributed by atoms with Gasteiger partial charge in [-0.2, -0.15) is 0 Å². The van der Waals surface area contributed by atoms with Crippen LogP contribution in [0.1, 0.15) is 51.6 Å². The third-order valence-corrected chi connectivity index (χ3v) is 5.47. The summed E-state index contributed by atoms with van der Waals surface area (Å²) in [6.45, 7) is 8.41. The number of aryl methyl sites for hydroxylation is 1. The van der Waals surface area contributed by atoms with Crippen LogP contribution in [0.2, 0.25) is 0 Å². The van der Waals surface area contributed by atoms with E-state index in [2.05, 4.69) is 20.2 Å². The van der Waals surface area contributed by atoms with Crippen molar-refractivity contribution in [3.05, 3.63) is 42.9 Å². The minimum absolute atomic E-state index is 0.241. The molecule has 0 atom stereocenters. The fourth-order valence-electron chi connectivity index (χ4n) is 3.91. The topological polar surface area (TPSA) is 95.3 Å². The molecule has 0 aliphatic carbocycles. The molecule has 3 aromatic rings. The predicted molar refractivity (Wildman–Crippen MR) is 119 cm³/mol. The van der Waals surface area contributed by atoms with Crippen molar-refractivity contribution in [1.82, 2.24) is 29.6 Å². The Hall–Kier alpha value is -3.23. The molecule has 1 aromatic carbocycles. The summed E-state index contributed by atoms with van der Waals surface area (Å²) in [5, 5.41) is 8.64. The van der Waals surface area contributed by atoms with E-state index in [-0.39, 0.29) is 12.0 Å². The molecular weight excluding hydrogens is 408 g/mol. The summed E-state index contributed by atoms with van der Waals surface area (Å²) in [5.41, 5.74) is 1.44. The summed E-state index contributed by atoms with van der Waals surface area (Å²) in [6, 6.07) is 5.99. The Kier molecular flexibility index (Phi) is 6.53. The highest BCUT2D eigenvalue weighted by Gasteiger charge is 2.28. The first kappa shape index (κ1) is 22.0. The van der Waals surface area contributed by atoms with E-state index in [0.29, 0.717) is 19.7 Å². The third kappa shape index (κ3) is 5.52. The van der Waals surface area contributed by atoms with Crippen molar-refractivity contribution in [3.8, 4) is 5.75 Å². The molecule has 9 heteroatoms. The van der Waals surface area contributed by atoms with Crippen LogP contribution < -0.4 is 4.74 Å². The van der Waals surface area contributed by atoms with E-state index in [1.165, 1.54) is 0 Å². The van der Waals surface area contributed by atoms with Gasteiger partial charge in [-0.25, -0.2) is 14.8 Å². The quantitative estimate of drug-likeness (QED) is 0.540. The van der Waals surface area contributed by atoms with Crippen molar-refractivity contribution in [2.24, 2.45) is 0 Å². The minimum Gasteiger partial charge on any atom is -0.493 e. The molecule has 0 N–H and O–H groups in total. The van der Waals surface area contributed by atoms with Crippen LogP contribution in [0, 0.1) is 0 Å². The second kappa shape index (κ2) is 9.50. The average molecular weight is 439 g/mol. The second-order valence-corrected chi connectivity index (χ2v) is 9.08. The molecule has 0 spiro atoms. The Morgan fingerprint density at radius 3 is 2.59 bits per heavy atom. The lowest BCUT2D eigenvalue weighted by Gasteiger charge is -2.33. The van der Waals surface area contributed by atoms with Gasteiger partial charge in [-0.05, 0) is 52.2 Å². The monoisotopic (exact) mass is 438 g/mol. The number of aromatic nitrogens is 5. The first-order chi connectivity index (χ1) is 15.4. The predicted octanol–water partition coefficient (Wildman–Crippen LogP) is 3.80.